The molecule has 0 saturated carbocycles. The number of benzene rings is 1. The third-order valence-electron chi connectivity index (χ3n) is 4.59. The molecular weight excluding hydrogens is 330 g/mol. The molecule has 1 aliphatic rings. The van der Waals surface area contributed by atoms with Crippen molar-refractivity contribution in [2.45, 2.75) is 25.8 Å². The minimum atomic E-state index is -0.229. The van der Waals surface area contributed by atoms with E-state index in [1.165, 1.54) is 6.33 Å². The first kappa shape index (κ1) is 17.9. The standard InChI is InChI=1S/C18H25N7O/c1-20-18(24-8-2-3-15(11-24)9-17(19)26)22-10-14-4-6-16(7-5-14)25-13-21-12-23-25/h4-7,12-13,15H,2-3,8-11H2,1H3,(H2,19,26)(H,20,22). The summed E-state index contributed by atoms with van der Waals surface area (Å²) >= 11 is 0. The van der Waals surface area contributed by atoms with Gasteiger partial charge in [-0.25, -0.2) is 9.67 Å². The van der Waals surface area contributed by atoms with E-state index in [4.69, 9.17) is 5.73 Å². The molecule has 1 aliphatic heterocycles. The number of nitrogens with zero attached hydrogens (tertiary/aromatic N) is 5. The molecule has 8 heteroatoms. The Balaban J connectivity index is 1.56. The molecule has 1 atom stereocenters. The van der Waals surface area contributed by atoms with Crippen molar-refractivity contribution in [3.8, 4) is 5.69 Å². The quantitative estimate of drug-likeness (QED) is 0.614. The average Bonchev–Trinajstić information content (AvgIpc) is 3.17. The van der Waals surface area contributed by atoms with E-state index >= 15 is 0 Å². The summed E-state index contributed by atoms with van der Waals surface area (Å²) in [5.74, 6) is 0.938. The number of primary amides is 1. The molecule has 8 nitrogen and oxygen atoms in total. The van der Waals surface area contributed by atoms with Crippen molar-refractivity contribution >= 4 is 11.9 Å². The highest BCUT2D eigenvalue weighted by atomic mass is 16.1. The van der Waals surface area contributed by atoms with Crippen molar-refractivity contribution in [1.82, 2.24) is 25.0 Å². The lowest BCUT2D eigenvalue weighted by molar-refractivity contribution is -0.119. The fourth-order valence-electron chi connectivity index (χ4n) is 3.33. The molecule has 3 rings (SSSR count). The van der Waals surface area contributed by atoms with E-state index in [1.54, 1.807) is 18.1 Å². The molecule has 1 aromatic heterocycles. The maximum absolute atomic E-state index is 11.2. The highest BCUT2D eigenvalue weighted by Crippen LogP contribution is 2.19. The van der Waals surface area contributed by atoms with Crippen molar-refractivity contribution in [3.05, 3.63) is 42.5 Å². The molecule has 2 heterocycles. The number of amides is 1. The third-order valence-corrected chi connectivity index (χ3v) is 4.59. The van der Waals surface area contributed by atoms with Crippen molar-refractivity contribution in [1.29, 1.82) is 0 Å². The monoisotopic (exact) mass is 355 g/mol. The Morgan fingerprint density at radius 1 is 1.38 bits per heavy atom. The van der Waals surface area contributed by atoms with Crippen molar-refractivity contribution in [3.63, 3.8) is 0 Å². The van der Waals surface area contributed by atoms with Crippen LogP contribution in [0.25, 0.3) is 5.69 Å². The van der Waals surface area contributed by atoms with Gasteiger partial charge in [0.1, 0.15) is 12.7 Å². The highest BCUT2D eigenvalue weighted by molar-refractivity contribution is 5.80. The van der Waals surface area contributed by atoms with Gasteiger partial charge < -0.3 is 16.0 Å². The normalized spacial score (nSPS) is 18.0. The SMILES string of the molecule is CN=C(NCc1ccc(-n2cncn2)cc1)N1CCCC(CC(N)=O)C1. The van der Waals surface area contributed by atoms with Crippen LogP contribution in [0.2, 0.25) is 0 Å². The van der Waals surface area contributed by atoms with Crippen LogP contribution >= 0.6 is 0 Å². The van der Waals surface area contributed by atoms with Gasteiger partial charge in [-0.15, -0.1) is 0 Å². The molecule has 26 heavy (non-hydrogen) atoms. The van der Waals surface area contributed by atoms with Gasteiger partial charge in [-0.2, -0.15) is 5.10 Å². The first-order chi connectivity index (χ1) is 12.7. The lowest BCUT2D eigenvalue weighted by atomic mass is 9.95. The van der Waals surface area contributed by atoms with Crippen molar-refractivity contribution in [2.75, 3.05) is 20.1 Å². The number of guanidine groups is 1. The molecule has 0 spiro atoms. The fourth-order valence-corrected chi connectivity index (χ4v) is 3.33. The van der Waals surface area contributed by atoms with E-state index in [-0.39, 0.29) is 5.91 Å². The number of hydrogen-bond donors (Lipinski definition) is 2. The summed E-state index contributed by atoms with van der Waals surface area (Å²) in [5.41, 5.74) is 7.47. The number of carbonyl (C=O) groups excluding carboxylic acids is 1. The average molecular weight is 355 g/mol. The van der Waals surface area contributed by atoms with Crippen LogP contribution in [0.1, 0.15) is 24.8 Å². The van der Waals surface area contributed by atoms with E-state index in [0.717, 1.165) is 43.1 Å². The lowest BCUT2D eigenvalue weighted by Gasteiger charge is -2.34. The van der Waals surface area contributed by atoms with Crippen molar-refractivity contribution < 1.29 is 4.79 Å². The van der Waals surface area contributed by atoms with E-state index in [9.17, 15) is 4.79 Å². The summed E-state index contributed by atoms with van der Waals surface area (Å²) in [4.78, 5) is 21.7. The smallest absolute Gasteiger partial charge is 0.217 e. The van der Waals surface area contributed by atoms with Crippen LogP contribution in [0.5, 0.6) is 0 Å². The van der Waals surface area contributed by atoms with Gasteiger partial charge in [-0.1, -0.05) is 12.1 Å². The Bertz CT molecular complexity index is 739. The van der Waals surface area contributed by atoms with Gasteiger partial charge in [-0.3, -0.25) is 9.79 Å². The van der Waals surface area contributed by atoms with E-state index in [1.807, 2.05) is 12.1 Å². The molecule has 138 valence electrons. The third kappa shape index (κ3) is 4.59. The Labute approximate surface area is 153 Å². The van der Waals surface area contributed by atoms with Crippen LogP contribution in [0.3, 0.4) is 0 Å². The number of nitrogens with one attached hydrogen (secondary N) is 1. The van der Waals surface area contributed by atoms with Gasteiger partial charge in [-0.05, 0) is 36.5 Å². The number of piperidine rings is 1. The molecule has 0 bridgehead atoms. The Hall–Kier alpha value is -2.90. The minimum Gasteiger partial charge on any atom is -0.370 e. The Morgan fingerprint density at radius 2 is 2.19 bits per heavy atom. The molecule has 0 aliphatic carbocycles. The van der Waals surface area contributed by atoms with E-state index in [0.29, 0.717) is 18.9 Å². The summed E-state index contributed by atoms with van der Waals surface area (Å²) < 4.78 is 1.72. The number of aliphatic imine (C=N–C) groups is 1. The van der Waals surface area contributed by atoms with Crippen LogP contribution in [-0.4, -0.2) is 51.7 Å². The first-order valence-corrected chi connectivity index (χ1v) is 8.83. The topological polar surface area (TPSA) is 101 Å². The number of nitrogens with two attached hydrogens (primary N) is 1. The van der Waals surface area contributed by atoms with Gasteiger partial charge in [0.15, 0.2) is 5.96 Å². The Kier molecular flexibility index (Phi) is 5.83. The number of likely N-dealkylation sites (tertiary alicyclic amines) is 1. The molecular formula is C18H25N7O. The molecule has 3 N–H and O–H groups in total. The van der Waals surface area contributed by atoms with Gasteiger partial charge >= 0.3 is 0 Å². The van der Waals surface area contributed by atoms with Gasteiger partial charge in [0.25, 0.3) is 0 Å². The van der Waals surface area contributed by atoms with Crippen LogP contribution in [0.15, 0.2) is 41.9 Å². The predicted octanol–water partition coefficient (Wildman–Crippen LogP) is 0.930. The molecule has 1 fully saturated rings. The van der Waals surface area contributed by atoms with Crippen LogP contribution < -0.4 is 11.1 Å². The van der Waals surface area contributed by atoms with Crippen molar-refractivity contribution in [2.24, 2.45) is 16.6 Å². The predicted molar refractivity (Wildman–Crippen MR) is 99.7 cm³/mol. The minimum absolute atomic E-state index is 0.229. The van der Waals surface area contributed by atoms with E-state index < -0.39 is 0 Å². The molecule has 0 radical (unpaired) electrons. The zero-order valence-electron chi connectivity index (χ0n) is 15.0. The summed E-state index contributed by atoms with van der Waals surface area (Å²) in [6, 6.07) is 8.14. The Morgan fingerprint density at radius 3 is 2.85 bits per heavy atom. The summed E-state index contributed by atoms with van der Waals surface area (Å²) in [5, 5.41) is 7.53. The number of aromatic nitrogens is 3. The highest BCUT2D eigenvalue weighted by Gasteiger charge is 2.23. The molecule has 1 unspecified atom stereocenters. The first-order valence-electron chi connectivity index (χ1n) is 8.83. The zero-order chi connectivity index (χ0) is 18.4. The summed E-state index contributed by atoms with van der Waals surface area (Å²) in [7, 11) is 1.79. The second-order valence-electron chi connectivity index (χ2n) is 6.53. The van der Waals surface area contributed by atoms with Crippen LogP contribution in [-0.2, 0) is 11.3 Å². The second-order valence-corrected chi connectivity index (χ2v) is 6.53. The maximum Gasteiger partial charge on any atom is 0.217 e. The molecule has 1 amide bonds. The molecule has 1 saturated heterocycles. The molecule has 2 aromatic rings. The van der Waals surface area contributed by atoms with Crippen LogP contribution in [0, 0.1) is 5.92 Å². The largest absolute Gasteiger partial charge is 0.370 e. The molecule has 1 aromatic carbocycles. The fraction of sp³-hybridized carbons (Fsp3) is 0.444. The van der Waals surface area contributed by atoms with Gasteiger partial charge in [0, 0.05) is 33.1 Å². The lowest BCUT2D eigenvalue weighted by Crippen LogP contribution is -2.46. The zero-order valence-corrected chi connectivity index (χ0v) is 15.0. The number of hydrogen-bond acceptors (Lipinski definition) is 4. The van der Waals surface area contributed by atoms with E-state index in [2.05, 4.69) is 37.4 Å². The second kappa shape index (κ2) is 8.46. The number of rotatable bonds is 5. The summed E-state index contributed by atoms with van der Waals surface area (Å²) in [6.07, 6.45) is 5.72. The van der Waals surface area contributed by atoms with Gasteiger partial charge in [0.2, 0.25) is 5.91 Å². The summed E-state index contributed by atoms with van der Waals surface area (Å²) in [6.45, 7) is 2.44. The van der Waals surface area contributed by atoms with Gasteiger partial charge in [0.05, 0.1) is 5.69 Å². The maximum atomic E-state index is 11.2. The van der Waals surface area contributed by atoms with Crippen LogP contribution in [0.4, 0.5) is 0 Å². The number of carbonyl (C=O) groups is 1.